The average Bonchev–Trinajstić information content (AvgIpc) is 2.23. The third-order valence-corrected chi connectivity index (χ3v) is 3.15. The Balaban J connectivity index is 2.84. The van der Waals surface area contributed by atoms with Crippen LogP contribution in [0.15, 0.2) is 12.1 Å². The maximum atomic E-state index is 11.3. The number of carbonyl (C=O) groups is 1. The first-order valence-electron chi connectivity index (χ1n) is 5.63. The van der Waals surface area contributed by atoms with Crippen molar-refractivity contribution in [1.82, 2.24) is 0 Å². The normalized spacial score (nSPS) is 10.4. The summed E-state index contributed by atoms with van der Waals surface area (Å²) in [5, 5.41) is 0. The standard InChI is InChI=1S/C14H20O/c1-5-13(15)8-9-14-11(3)7-6-10(2)12(14)4/h6-7H,5,8-9H2,1-4H3. The Morgan fingerprint density at radius 1 is 1.13 bits per heavy atom. The monoisotopic (exact) mass is 204 g/mol. The second-order valence-electron chi connectivity index (χ2n) is 4.20. The summed E-state index contributed by atoms with van der Waals surface area (Å²) in [4.78, 5) is 11.3. The van der Waals surface area contributed by atoms with E-state index in [1.165, 1.54) is 22.3 Å². The van der Waals surface area contributed by atoms with Crippen LogP contribution in [0.2, 0.25) is 0 Å². The van der Waals surface area contributed by atoms with Gasteiger partial charge in [-0.05, 0) is 49.4 Å². The van der Waals surface area contributed by atoms with Gasteiger partial charge >= 0.3 is 0 Å². The third kappa shape index (κ3) is 2.92. The summed E-state index contributed by atoms with van der Waals surface area (Å²) >= 11 is 0. The predicted octanol–water partition coefficient (Wildman–Crippen LogP) is 3.52. The van der Waals surface area contributed by atoms with Gasteiger partial charge in [-0.15, -0.1) is 0 Å². The minimum Gasteiger partial charge on any atom is -0.300 e. The Labute approximate surface area is 92.5 Å². The van der Waals surface area contributed by atoms with Gasteiger partial charge in [0.2, 0.25) is 0 Å². The fourth-order valence-electron chi connectivity index (χ4n) is 1.84. The van der Waals surface area contributed by atoms with Crippen molar-refractivity contribution in [2.45, 2.75) is 47.0 Å². The van der Waals surface area contributed by atoms with Gasteiger partial charge in [-0.25, -0.2) is 0 Å². The van der Waals surface area contributed by atoms with Crippen LogP contribution in [0.1, 0.15) is 42.0 Å². The van der Waals surface area contributed by atoms with E-state index in [0.29, 0.717) is 18.6 Å². The Morgan fingerprint density at radius 2 is 1.73 bits per heavy atom. The van der Waals surface area contributed by atoms with Gasteiger partial charge in [0, 0.05) is 12.8 Å². The van der Waals surface area contributed by atoms with Crippen molar-refractivity contribution in [1.29, 1.82) is 0 Å². The largest absolute Gasteiger partial charge is 0.300 e. The highest BCUT2D eigenvalue weighted by Gasteiger charge is 2.06. The molecule has 0 unspecified atom stereocenters. The fourth-order valence-corrected chi connectivity index (χ4v) is 1.84. The van der Waals surface area contributed by atoms with Crippen LogP contribution < -0.4 is 0 Å². The molecule has 82 valence electrons. The van der Waals surface area contributed by atoms with Gasteiger partial charge in [-0.2, -0.15) is 0 Å². The molecule has 1 nitrogen and oxygen atoms in total. The van der Waals surface area contributed by atoms with Crippen molar-refractivity contribution in [2.75, 3.05) is 0 Å². The molecule has 1 heteroatoms. The zero-order chi connectivity index (χ0) is 11.4. The summed E-state index contributed by atoms with van der Waals surface area (Å²) < 4.78 is 0. The van der Waals surface area contributed by atoms with Crippen molar-refractivity contribution < 1.29 is 4.79 Å². The highest BCUT2D eigenvalue weighted by atomic mass is 16.1. The van der Waals surface area contributed by atoms with Crippen LogP contribution in [-0.4, -0.2) is 5.78 Å². The van der Waals surface area contributed by atoms with Gasteiger partial charge in [-0.3, -0.25) is 4.79 Å². The summed E-state index contributed by atoms with van der Waals surface area (Å²) in [6.45, 7) is 8.32. The lowest BCUT2D eigenvalue weighted by Crippen LogP contribution is -2.02. The first-order valence-corrected chi connectivity index (χ1v) is 5.63. The molecular formula is C14H20O. The van der Waals surface area contributed by atoms with Crippen LogP contribution in [-0.2, 0) is 11.2 Å². The van der Waals surface area contributed by atoms with E-state index < -0.39 is 0 Å². The summed E-state index contributed by atoms with van der Waals surface area (Å²) in [7, 11) is 0. The van der Waals surface area contributed by atoms with Crippen LogP contribution >= 0.6 is 0 Å². The number of hydrogen-bond acceptors (Lipinski definition) is 1. The molecule has 0 aliphatic heterocycles. The van der Waals surface area contributed by atoms with Gasteiger partial charge in [0.05, 0.1) is 0 Å². The Hall–Kier alpha value is -1.11. The zero-order valence-corrected chi connectivity index (χ0v) is 10.2. The molecule has 0 spiro atoms. The highest BCUT2D eigenvalue weighted by molar-refractivity contribution is 5.78. The molecule has 0 bridgehead atoms. The quantitative estimate of drug-likeness (QED) is 0.733. The molecule has 0 aliphatic carbocycles. The second kappa shape index (κ2) is 5.11. The minimum atomic E-state index is 0.357. The van der Waals surface area contributed by atoms with Gasteiger partial charge in [0.1, 0.15) is 5.78 Å². The molecule has 0 heterocycles. The van der Waals surface area contributed by atoms with Crippen LogP contribution in [0.4, 0.5) is 0 Å². The van der Waals surface area contributed by atoms with Gasteiger partial charge in [-0.1, -0.05) is 19.1 Å². The first kappa shape index (κ1) is 12.0. The lowest BCUT2D eigenvalue weighted by atomic mass is 9.94. The molecule has 1 rings (SSSR count). The van der Waals surface area contributed by atoms with Gasteiger partial charge < -0.3 is 0 Å². The first-order chi connectivity index (χ1) is 7.06. The molecule has 15 heavy (non-hydrogen) atoms. The fraction of sp³-hybridized carbons (Fsp3) is 0.500. The number of carbonyl (C=O) groups excluding carboxylic acids is 1. The van der Waals surface area contributed by atoms with Crippen LogP contribution in [0, 0.1) is 20.8 Å². The SMILES string of the molecule is CCC(=O)CCc1c(C)ccc(C)c1C. The summed E-state index contributed by atoms with van der Waals surface area (Å²) in [5.41, 5.74) is 5.33. The summed E-state index contributed by atoms with van der Waals surface area (Å²) in [5.74, 6) is 0.357. The van der Waals surface area contributed by atoms with Crippen molar-refractivity contribution in [3.8, 4) is 0 Å². The number of ketones is 1. The molecule has 0 aromatic heterocycles. The van der Waals surface area contributed by atoms with Gasteiger partial charge in [0.15, 0.2) is 0 Å². The predicted molar refractivity (Wildman–Crippen MR) is 64.3 cm³/mol. The highest BCUT2D eigenvalue weighted by Crippen LogP contribution is 2.19. The summed E-state index contributed by atoms with van der Waals surface area (Å²) in [6, 6.07) is 4.30. The average molecular weight is 204 g/mol. The Morgan fingerprint density at radius 3 is 2.33 bits per heavy atom. The van der Waals surface area contributed by atoms with Crippen molar-refractivity contribution in [3.63, 3.8) is 0 Å². The van der Waals surface area contributed by atoms with Crippen molar-refractivity contribution in [2.24, 2.45) is 0 Å². The maximum Gasteiger partial charge on any atom is 0.132 e. The van der Waals surface area contributed by atoms with E-state index in [9.17, 15) is 4.79 Å². The van der Waals surface area contributed by atoms with Crippen LogP contribution in [0.5, 0.6) is 0 Å². The number of hydrogen-bond donors (Lipinski definition) is 0. The molecule has 0 saturated carbocycles. The molecule has 0 N–H and O–H groups in total. The van der Waals surface area contributed by atoms with E-state index in [-0.39, 0.29) is 0 Å². The molecule has 0 saturated heterocycles. The molecule has 0 aliphatic rings. The van der Waals surface area contributed by atoms with E-state index in [1.807, 2.05) is 6.92 Å². The molecule has 1 aromatic rings. The smallest absolute Gasteiger partial charge is 0.132 e. The van der Waals surface area contributed by atoms with Gasteiger partial charge in [0.25, 0.3) is 0 Å². The van der Waals surface area contributed by atoms with Crippen molar-refractivity contribution >= 4 is 5.78 Å². The molecule has 0 amide bonds. The number of benzene rings is 1. The Kier molecular flexibility index (Phi) is 4.07. The van der Waals surface area contributed by atoms with E-state index in [4.69, 9.17) is 0 Å². The molecule has 0 fully saturated rings. The molecular weight excluding hydrogens is 184 g/mol. The van der Waals surface area contributed by atoms with Crippen LogP contribution in [0.25, 0.3) is 0 Å². The van der Waals surface area contributed by atoms with E-state index >= 15 is 0 Å². The third-order valence-electron chi connectivity index (χ3n) is 3.15. The number of aryl methyl sites for hydroxylation is 2. The molecule has 0 atom stereocenters. The molecule has 1 aromatic carbocycles. The summed E-state index contributed by atoms with van der Waals surface area (Å²) in [6.07, 6.45) is 2.23. The van der Waals surface area contributed by atoms with Crippen LogP contribution in [0.3, 0.4) is 0 Å². The van der Waals surface area contributed by atoms with E-state index in [2.05, 4.69) is 32.9 Å². The second-order valence-corrected chi connectivity index (χ2v) is 4.20. The zero-order valence-electron chi connectivity index (χ0n) is 10.2. The van der Waals surface area contributed by atoms with Crippen molar-refractivity contribution in [3.05, 3.63) is 34.4 Å². The molecule has 0 radical (unpaired) electrons. The van der Waals surface area contributed by atoms with E-state index in [1.54, 1.807) is 0 Å². The van der Waals surface area contributed by atoms with E-state index in [0.717, 1.165) is 6.42 Å². The lowest BCUT2D eigenvalue weighted by Gasteiger charge is -2.11. The number of Topliss-reactive ketones (excluding diaryl/α,β-unsaturated/α-hetero) is 1. The topological polar surface area (TPSA) is 17.1 Å². The minimum absolute atomic E-state index is 0.357. The Bertz CT molecular complexity index is 364. The number of rotatable bonds is 4. The maximum absolute atomic E-state index is 11.3. The lowest BCUT2D eigenvalue weighted by molar-refractivity contribution is -0.118.